The highest BCUT2D eigenvalue weighted by molar-refractivity contribution is 5.77. The Labute approximate surface area is 157 Å². The van der Waals surface area contributed by atoms with E-state index in [0.29, 0.717) is 11.3 Å². The van der Waals surface area contributed by atoms with Gasteiger partial charge in [-0.05, 0) is 30.2 Å². The van der Waals surface area contributed by atoms with Crippen LogP contribution in [-0.4, -0.2) is 37.0 Å². The first-order valence-corrected chi connectivity index (χ1v) is 8.51. The Morgan fingerprint density at radius 1 is 1.04 bits per heavy atom. The van der Waals surface area contributed by atoms with Crippen LogP contribution in [0.4, 0.5) is 4.79 Å². The van der Waals surface area contributed by atoms with E-state index in [-0.39, 0.29) is 13.2 Å². The molecule has 0 saturated carbocycles. The van der Waals surface area contributed by atoms with Gasteiger partial charge in [-0.1, -0.05) is 42.5 Å². The van der Waals surface area contributed by atoms with Gasteiger partial charge in [-0.3, -0.25) is 0 Å². The molecule has 0 aliphatic heterocycles. The number of hydrogen-bond acceptors (Lipinski definition) is 6. The summed E-state index contributed by atoms with van der Waals surface area (Å²) in [6.45, 7) is 1.82. The van der Waals surface area contributed by atoms with Gasteiger partial charge in [0.05, 0.1) is 19.8 Å². The monoisotopic (exact) mass is 373 g/mol. The zero-order chi connectivity index (χ0) is 19.6. The molecule has 144 valence electrons. The SMILES string of the molecule is CCOC(=O)C(O)C(NC(=O)OCc1ccccc1)c1ccc(OC)cc1. The molecule has 0 fully saturated rings. The van der Waals surface area contributed by atoms with Crippen LogP contribution in [-0.2, 0) is 20.9 Å². The van der Waals surface area contributed by atoms with Crippen LogP contribution in [0.3, 0.4) is 0 Å². The van der Waals surface area contributed by atoms with Crippen molar-refractivity contribution in [1.82, 2.24) is 5.32 Å². The number of aliphatic hydroxyl groups is 1. The number of esters is 1. The molecule has 2 atom stereocenters. The summed E-state index contributed by atoms with van der Waals surface area (Å²) >= 11 is 0. The van der Waals surface area contributed by atoms with E-state index in [4.69, 9.17) is 14.2 Å². The first-order chi connectivity index (χ1) is 13.0. The van der Waals surface area contributed by atoms with Crippen molar-refractivity contribution in [3.63, 3.8) is 0 Å². The Bertz CT molecular complexity index is 732. The van der Waals surface area contributed by atoms with Crippen LogP contribution in [0.2, 0.25) is 0 Å². The maximum atomic E-state index is 12.2. The third-order valence-corrected chi connectivity index (χ3v) is 3.80. The van der Waals surface area contributed by atoms with Crippen LogP contribution in [0.25, 0.3) is 0 Å². The maximum Gasteiger partial charge on any atom is 0.408 e. The maximum absolute atomic E-state index is 12.2. The minimum Gasteiger partial charge on any atom is -0.497 e. The molecule has 0 aromatic heterocycles. The van der Waals surface area contributed by atoms with Crippen molar-refractivity contribution in [3.8, 4) is 5.75 Å². The number of carbonyl (C=O) groups excluding carboxylic acids is 2. The van der Waals surface area contributed by atoms with Crippen LogP contribution >= 0.6 is 0 Å². The number of amides is 1. The third-order valence-electron chi connectivity index (χ3n) is 3.80. The van der Waals surface area contributed by atoms with Gasteiger partial charge >= 0.3 is 12.1 Å². The summed E-state index contributed by atoms with van der Waals surface area (Å²) in [5.74, 6) is -0.226. The van der Waals surface area contributed by atoms with Crippen molar-refractivity contribution in [2.75, 3.05) is 13.7 Å². The molecular formula is C20H23NO6. The molecule has 2 rings (SSSR count). The fraction of sp³-hybridized carbons (Fsp3) is 0.300. The number of hydrogen-bond donors (Lipinski definition) is 2. The predicted octanol–water partition coefficient (Wildman–Crippen LogP) is 2.59. The van der Waals surface area contributed by atoms with Crippen LogP contribution in [0, 0.1) is 0 Å². The van der Waals surface area contributed by atoms with Crippen molar-refractivity contribution in [3.05, 3.63) is 65.7 Å². The molecule has 0 aliphatic carbocycles. The molecule has 2 N–H and O–H groups in total. The van der Waals surface area contributed by atoms with Crippen molar-refractivity contribution in [2.45, 2.75) is 25.7 Å². The lowest BCUT2D eigenvalue weighted by Gasteiger charge is -2.23. The summed E-state index contributed by atoms with van der Waals surface area (Å²) in [7, 11) is 1.53. The van der Waals surface area contributed by atoms with E-state index in [9.17, 15) is 14.7 Å². The number of carbonyl (C=O) groups is 2. The van der Waals surface area contributed by atoms with Gasteiger partial charge < -0.3 is 24.6 Å². The lowest BCUT2D eigenvalue weighted by atomic mass is 10.0. The van der Waals surface area contributed by atoms with Gasteiger partial charge in [-0.2, -0.15) is 0 Å². The average molecular weight is 373 g/mol. The Balaban J connectivity index is 2.10. The quantitative estimate of drug-likeness (QED) is 0.691. The van der Waals surface area contributed by atoms with Crippen LogP contribution in [0.5, 0.6) is 5.75 Å². The van der Waals surface area contributed by atoms with Crippen molar-refractivity contribution < 1.29 is 28.9 Å². The zero-order valence-corrected chi connectivity index (χ0v) is 15.3. The van der Waals surface area contributed by atoms with E-state index in [2.05, 4.69) is 5.32 Å². The third kappa shape index (κ3) is 6.00. The van der Waals surface area contributed by atoms with Gasteiger partial charge in [0.2, 0.25) is 0 Å². The second kappa shape index (κ2) is 10.2. The molecule has 0 aliphatic rings. The largest absolute Gasteiger partial charge is 0.497 e. The zero-order valence-electron chi connectivity index (χ0n) is 15.3. The molecule has 0 radical (unpaired) electrons. The fourth-order valence-corrected chi connectivity index (χ4v) is 2.41. The number of rotatable bonds is 8. The Morgan fingerprint density at radius 2 is 1.70 bits per heavy atom. The molecule has 1 amide bonds. The molecule has 0 bridgehead atoms. The summed E-state index contributed by atoms with van der Waals surface area (Å²) in [5, 5.41) is 12.9. The number of alkyl carbamates (subject to hydrolysis) is 1. The molecule has 7 nitrogen and oxygen atoms in total. The standard InChI is InChI=1S/C20H23NO6/c1-3-26-19(23)18(22)17(15-9-11-16(25-2)12-10-15)21-20(24)27-13-14-7-5-4-6-8-14/h4-12,17-18,22H,3,13H2,1-2H3,(H,21,24). The number of aliphatic hydroxyl groups excluding tert-OH is 1. The molecule has 2 aromatic carbocycles. The second-order valence-corrected chi connectivity index (χ2v) is 5.65. The Morgan fingerprint density at radius 3 is 2.30 bits per heavy atom. The molecule has 2 aromatic rings. The van der Waals surface area contributed by atoms with Crippen molar-refractivity contribution in [2.24, 2.45) is 0 Å². The molecule has 0 saturated heterocycles. The summed E-state index contributed by atoms with van der Waals surface area (Å²) in [5.41, 5.74) is 1.33. The number of methoxy groups -OCH3 is 1. The lowest BCUT2D eigenvalue weighted by Crippen LogP contribution is -2.41. The highest BCUT2D eigenvalue weighted by Crippen LogP contribution is 2.22. The fourth-order valence-electron chi connectivity index (χ4n) is 2.41. The molecule has 2 unspecified atom stereocenters. The van der Waals surface area contributed by atoms with Gasteiger partial charge in [0.25, 0.3) is 0 Å². The molecule has 0 spiro atoms. The van der Waals surface area contributed by atoms with E-state index in [1.807, 2.05) is 30.3 Å². The minimum atomic E-state index is -1.58. The van der Waals surface area contributed by atoms with Crippen molar-refractivity contribution >= 4 is 12.1 Å². The Kier molecular flexibility index (Phi) is 7.63. The molecular weight excluding hydrogens is 350 g/mol. The van der Waals surface area contributed by atoms with Crippen LogP contribution < -0.4 is 10.1 Å². The van der Waals surface area contributed by atoms with Crippen LogP contribution in [0.1, 0.15) is 24.1 Å². The van der Waals surface area contributed by atoms with Gasteiger partial charge in [-0.25, -0.2) is 9.59 Å². The van der Waals surface area contributed by atoms with Crippen molar-refractivity contribution in [1.29, 1.82) is 0 Å². The highest BCUT2D eigenvalue weighted by Gasteiger charge is 2.30. The smallest absolute Gasteiger partial charge is 0.408 e. The minimum absolute atomic E-state index is 0.0670. The predicted molar refractivity (Wildman–Crippen MR) is 98.1 cm³/mol. The van der Waals surface area contributed by atoms with E-state index < -0.39 is 24.2 Å². The normalized spacial score (nSPS) is 12.6. The van der Waals surface area contributed by atoms with E-state index in [0.717, 1.165) is 5.56 Å². The summed E-state index contributed by atoms with van der Waals surface area (Å²) in [6, 6.07) is 14.8. The van der Waals surface area contributed by atoms with Gasteiger partial charge in [-0.15, -0.1) is 0 Å². The van der Waals surface area contributed by atoms with E-state index in [1.165, 1.54) is 7.11 Å². The number of benzene rings is 2. The van der Waals surface area contributed by atoms with Crippen LogP contribution in [0.15, 0.2) is 54.6 Å². The average Bonchev–Trinajstić information content (AvgIpc) is 2.71. The number of nitrogens with one attached hydrogen (secondary N) is 1. The molecule has 0 heterocycles. The van der Waals surface area contributed by atoms with Gasteiger partial charge in [0.15, 0.2) is 6.10 Å². The molecule has 27 heavy (non-hydrogen) atoms. The first-order valence-electron chi connectivity index (χ1n) is 8.51. The van der Waals surface area contributed by atoms with E-state index >= 15 is 0 Å². The number of ether oxygens (including phenoxy) is 3. The summed E-state index contributed by atoms with van der Waals surface area (Å²) < 4.78 is 15.1. The summed E-state index contributed by atoms with van der Waals surface area (Å²) in [6.07, 6.45) is -2.34. The second-order valence-electron chi connectivity index (χ2n) is 5.65. The lowest BCUT2D eigenvalue weighted by molar-refractivity contribution is -0.154. The summed E-state index contributed by atoms with van der Waals surface area (Å²) in [4.78, 5) is 24.1. The molecule has 7 heteroatoms. The van der Waals surface area contributed by atoms with E-state index in [1.54, 1.807) is 31.2 Å². The first kappa shape index (κ1) is 20.3. The highest BCUT2D eigenvalue weighted by atomic mass is 16.6. The van der Waals surface area contributed by atoms with Gasteiger partial charge in [0, 0.05) is 0 Å². The Hall–Kier alpha value is -3.06. The van der Waals surface area contributed by atoms with Gasteiger partial charge in [0.1, 0.15) is 12.4 Å². The topological polar surface area (TPSA) is 94.1 Å².